The molecule has 1 aromatic carbocycles. The van der Waals surface area contributed by atoms with E-state index in [0.717, 1.165) is 13.1 Å². The van der Waals surface area contributed by atoms with E-state index in [1.807, 2.05) is 11.0 Å². The highest BCUT2D eigenvalue weighted by Crippen LogP contribution is 2.36. The van der Waals surface area contributed by atoms with Crippen molar-refractivity contribution in [2.45, 2.75) is 31.7 Å². The van der Waals surface area contributed by atoms with Crippen LogP contribution in [0.25, 0.3) is 0 Å². The Morgan fingerprint density at radius 1 is 1.13 bits per heavy atom. The molecule has 3 unspecified atom stereocenters. The van der Waals surface area contributed by atoms with Crippen LogP contribution >= 0.6 is 0 Å². The first-order chi connectivity index (χ1) is 11.2. The zero-order valence-corrected chi connectivity index (χ0v) is 13.3. The first-order valence-corrected chi connectivity index (χ1v) is 8.44. The number of hydrogen-bond acceptors (Lipinski definition) is 3. The topological polar surface area (TPSA) is 69.6 Å². The van der Waals surface area contributed by atoms with E-state index >= 15 is 0 Å². The first kappa shape index (κ1) is 16.0. The SMILES string of the molecule is O=C(NC(CO)C(=O)N1CC2CCCCC2C1)c1ccccc1. The summed E-state index contributed by atoms with van der Waals surface area (Å²) in [4.78, 5) is 26.7. The molecule has 3 rings (SSSR count). The monoisotopic (exact) mass is 316 g/mol. The van der Waals surface area contributed by atoms with Crippen LogP contribution in [-0.4, -0.2) is 47.6 Å². The lowest BCUT2D eigenvalue weighted by molar-refractivity contribution is -0.133. The lowest BCUT2D eigenvalue weighted by Gasteiger charge is -2.23. The average molecular weight is 316 g/mol. The molecular weight excluding hydrogens is 292 g/mol. The third-order valence-electron chi connectivity index (χ3n) is 5.11. The minimum Gasteiger partial charge on any atom is -0.394 e. The Hall–Kier alpha value is -1.88. The number of carbonyl (C=O) groups is 2. The van der Waals surface area contributed by atoms with Crippen LogP contribution in [0.4, 0.5) is 0 Å². The molecule has 0 spiro atoms. The Morgan fingerprint density at radius 3 is 2.30 bits per heavy atom. The average Bonchev–Trinajstić information content (AvgIpc) is 3.03. The molecule has 5 nitrogen and oxygen atoms in total. The van der Waals surface area contributed by atoms with E-state index in [-0.39, 0.29) is 18.4 Å². The van der Waals surface area contributed by atoms with Crippen LogP contribution in [0.15, 0.2) is 30.3 Å². The van der Waals surface area contributed by atoms with Gasteiger partial charge in [0.15, 0.2) is 0 Å². The Kier molecular flexibility index (Phi) is 4.96. The van der Waals surface area contributed by atoms with Crippen LogP contribution in [0.3, 0.4) is 0 Å². The number of aliphatic hydroxyl groups is 1. The van der Waals surface area contributed by atoms with Gasteiger partial charge in [0.25, 0.3) is 5.91 Å². The summed E-state index contributed by atoms with van der Waals surface area (Å²) in [6.45, 7) is 1.16. The van der Waals surface area contributed by atoms with Gasteiger partial charge >= 0.3 is 0 Å². The van der Waals surface area contributed by atoms with Gasteiger partial charge in [-0.05, 0) is 36.8 Å². The van der Waals surface area contributed by atoms with Crippen molar-refractivity contribution < 1.29 is 14.7 Å². The Bertz CT molecular complexity index is 547. The number of nitrogens with one attached hydrogen (secondary N) is 1. The molecule has 0 radical (unpaired) electrons. The molecular formula is C18H24N2O3. The summed E-state index contributed by atoms with van der Waals surface area (Å²) >= 11 is 0. The summed E-state index contributed by atoms with van der Waals surface area (Å²) in [6, 6.07) is 7.91. The fourth-order valence-electron chi connectivity index (χ4n) is 3.82. The maximum absolute atomic E-state index is 12.6. The van der Waals surface area contributed by atoms with E-state index in [1.54, 1.807) is 24.3 Å². The Balaban J connectivity index is 1.62. The number of rotatable bonds is 4. The number of fused-ring (bicyclic) bond motifs is 1. The third kappa shape index (κ3) is 3.55. The highest BCUT2D eigenvalue weighted by atomic mass is 16.3. The molecule has 1 aliphatic carbocycles. The van der Waals surface area contributed by atoms with Gasteiger partial charge in [-0.1, -0.05) is 31.0 Å². The van der Waals surface area contributed by atoms with Gasteiger partial charge in [0, 0.05) is 18.7 Å². The Morgan fingerprint density at radius 2 is 1.74 bits per heavy atom. The van der Waals surface area contributed by atoms with Gasteiger partial charge in [-0.15, -0.1) is 0 Å². The maximum Gasteiger partial charge on any atom is 0.251 e. The van der Waals surface area contributed by atoms with Crippen molar-refractivity contribution in [3.05, 3.63) is 35.9 Å². The zero-order chi connectivity index (χ0) is 16.2. The molecule has 1 heterocycles. The van der Waals surface area contributed by atoms with Gasteiger partial charge in [0.1, 0.15) is 6.04 Å². The summed E-state index contributed by atoms with van der Waals surface area (Å²) in [5.41, 5.74) is 0.494. The predicted octanol–water partition coefficient (Wildman–Crippen LogP) is 1.43. The summed E-state index contributed by atoms with van der Waals surface area (Å²) in [6.07, 6.45) is 4.87. The van der Waals surface area contributed by atoms with Crippen LogP contribution in [0.5, 0.6) is 0 Å². The number of likely N-dealkylation sites (tertiary alicyclic amines) is 1. The number of nitrogens with zero attached hydrogens (tertiary/aromatic N) is 1. The molecule has 2 amide bonds. The van der Waals surface area contributed by atoms with E-state index in [0.29, 0.717) is 17.4 Å². The summed E-state index contributed by atoms with van der Waals surface area (Å²) in [5.74, 6) is 0.703. The van der Waals surface area contributed by atoms with Crippen molar-refractivity contribution in [2.75, 3.05) is 19.7 Å². The van der Waals surface area contributed by atoms with E-state index < -0.39 is 6.04 Å². The summed E-state index contributed by atoms with van der Waals surface area (Å²) in [5, 5.41) is 12.2. The zero-order valence-electron chi connectivity index (χ0n) is 13.3. The molecule has 5 heteroatoms. The minimum absolute atomic E-state index is 0.161. The highest BCUT2D eigenvalue weighted by Gasteiger charge is 2.38. The molecule has 2 aliphatic rings. The van der Waals surface area contributed by atoms with Gasteiger partial charge in [-0.3, -0.25) is 9.59 Å². The molecule has 2 N–H and O–H groups in total. The van der Waals surface area contributed by atoms with Crippen LogP contribution in [-0.2, 0) is 4.79 Å². The molecule has 1 saturated carbocycles. The van der Waals surface area contributed by atoms with Gasteiger partial charge in [-0.2, -0.15) is 0 Å². The quantitative estimate of drug-likeness (QED) is 0.883. The first-order valence-electron chi connectivity index (χ1n) is 8.44. The molecule has 1 aromatic rings. The molecule has 2 fully saturated rings. The Labute approximate surface area is 136 Å². The van der Waals surface area contributed by atoms with Crippen molar-refractivity contribution in [3.8, 4) is 0 Å². The maximum atomic E-state index is 12.6. The van der Waals surface area contributed by atoms with E-state index in [2.05, 4.69) is 5.32 Å². The van der Waals surface area contributed by atoms with Crippen LogP contribution in [0.1, 0.15) is 36.0 Å². The van der Waals surface area contributed by atoms with E-state index in [1.165, 1.54) is 25.7 Å². The van der Waals surface area contributed by atoms with Crippen molar-refractivity contribution in [2.24, 2.45) is 11.8 Å². The highest BCUT2D eigenvalue weighted by molar-refractivity contribution is 5.97. The van der Waals surface area contributed by atoms with Crippen molar-refractivity contribution in [1.82, 2.24) is 10.2 Å². The number of hydrogen-bond donors (Lipinski definition) is 2. The van der Waals surface area contributed by atoms with Crippen molar-refractivity contribution in [3.63, 3.8) is 0 Å². The van der Waals surface area contributed by atoms with Gasteiger partial charge < -0.3 is 15.3 Å². The van der Waals surface area contributed by atoms with Crippen LogP contribution in [0.2, 0.25) is 0 Å². The molecule has 23 heavy (non-hydrogen) atoms. The van der Waals surface area contributed by atoms with Crippen molar-refractivity contribution >= 4 is 11.8 Å². The summed E-state index contributed by atoms with van der Waals surface area (Å²) < 4.78 is 0. The number of carbonyl (C=O) groups excluding carboxylic acids is 2. The third-order valence-corrected chi connectivity index (χ3v) is 5.11. The number of amides is 2. The molecule has 3 atom stereocenters. The number of aliphatic hydroxyl groups excluding tert-OH is 1. The van der Waals surface area contributed by atoms with Gasteiger partial charge in [0.2, 0.25) is 5.91 Å². The smallest absolute Gasteiger partial charge is 0.251 e. The minimum atomic E-state index is -0.858. The van der Waals surface area contributed by atoms with E-state index in [4.69, 9.17) is 0 Å². The lowest BCUT2D eigenvalue weighted by Crippen LogP contribution is -2.50. The van der Waals surface area contributed by atoms with Crippen molar-refractivity contribution in [1.29, 1.82) is 0 Å². The standard InChI is InChI=1S/C18H24N2O3/c21-12-16(19-17(22)13-6-2-1-3-7-13)18(23)20-10-14-8-4-5-9-15(14)11-20/h1-3,6-7,14-16,21H,4-5,8-12H2,(H,19,22). The molecule has 0 aromatic heterocycles. The molecule has 1 aliphatic heterocycles. The molecule has 1 saturated heterocycles. The lowest BCUT2D eigenvalue weighted by atomic mass is 9.82. The van der Waals surface area contributed by atoms with Gasteiger partial charge in [-0.25, -0.2) is 0 Å². The molecule has 0 bridgehead atoms. The van der Waals surface area contributed by atoms with Crippen LogP contribution < -0.4 is 5.32 Å². The fraction of sp³-hybridized carbons (Fsp3) is 0.556. The van der Waals surface area contributed by atoms with Crippen LogP contribution in [0, 0.1) is 11.8 Å². The normalized spacial score (nSPS) is 24.8. The van der Waals surface area contributed by atoms with E-state index in [9.17, 15) is 14.7 Å². The predicted molar refractivity (Wildman–Crippen MR) is 86.8 cm³/mol. The summed E-state index contributed by atoms with van der Waals surface area (Å²) in [7, 11) is 0. The van der Waals surface area contributed by atoms with Gasteiger partial charge in [0.05, 0.1) is 6.61 Å². The largest absolute Gasteiger partial charge is 0.394 e. The second kappa shape index (κ2) is 7.13. The fourth-order valence-corrected chi connectivity index (χ4v) is 3.82. The number of benzene rings is 1. The molecule has 124 valence electrons. The second-order valence-electron chi connectivity index (χ2n) is 6.62. The second-order valence-corrected chi connectivity index (χ2v) is 6.62.